The molecule has 2 N–H and O–H groups in total. The van der Waals surface area contributed by atoms with Crippen molar-refractivity contribution in [2.75, 3.05) is 5.43 Å². The summed E-state index contributed by atoms with van der Waals surface area (Å²) < 4.78 is 0. The summed E-state index contributed by atoms with van der Waals surface area (Å²) in [5, 5.41) is 14.0. The van der Waals surface area contributed by atoms with Gasteiger partial charge in [0, 0.05) is 5.56 Å². The molecule has 0 heterocycles. The van der Waals surface area contributed by atoms with Crippen LogP contribution >= 0.6 is 0 Å². The molecule has 0 aliphatic rings. The van der Waals surface area contributed by atoms with Gasteiger partial charge in [0.15, 0.2) is 0 Å². The maximum atomic E-state index is 9.71. The summed E-state index contributed by atoms with van der Waals surface area (Å²) in [6, 6.07) is 15.1. The third kappa shape index (κ3) is 2.88. The van der Waals surface area contributed by atoms with Crippen molar-refractivity contribution in [3.05, 3.63) is 59.7 Å². The average Bonchev–Trinajstić information content (AvgIpc) is 2.37. The number of benzene rings is 2. The van der Waals surface area contributed by atoms with Gasteiger partial charge in [0.1, 0.15) is 5.75 Å². The Kier molecular flexibility index (Phi) is 3.63. The molecule has 0 aliphatic heterocycles. The molecule has 18 heavy (non-hydrogen) atoms. The highest BCUT2D eigenvalue weighted by Crippen LogP contribution is 2.17. The van der Waals surface area contributed by atoms with Gasteiger partial charge < -0.3 is 5.11 Å². The van der Waals surface area contributed by atoms with Gasteiger partial charge in [-0.2, -0.15) is 5.10 Å². The number of anilines is 1. The molecule has 2 aromatic rings. The first-order chi connectivity index (χ1) is 8.66. The van der Waals surface area contributed by atoms with E-state index in [-0.39, 0.29) is 5.75 Å². The number of hydrogen-bond acceptors (Lipinski definition) is 3. The van der Waals surface area contributed by atoms with Crippen LogP contribution in [0.1, 0.15) is 18.1 Å². The number of phenols is 1. The monoisotopic (exact) mass is 240 g/mol. The molecule has 0 bridgehead atoms. The molecule has 0 amide bonds. The van der Waals surface area contributed by atoms with Crippen molar-refractivity contribution in [1.82, 2.24) is 0 Å². The van der Waals surface area contributed by atoms with E-state index in [4.69, 9.17) is 0 Å². The third-order valence-corrected chi connectivity index (χ3v) is 2.66. The minimum absolute atomic E-state index is 0.241. The van der Waals surface area contributed by atoms with Gasteiger partial charge in [0.05, 0.1) is 11.4 Å². The van der Waals surface area contributed by atoms with E-state index in [1.807, 2.05) is 50.2 Å². The highest BCUT2D eigenvalue weighted by molar-refractivity contribution is 6.01. The lowest BCUT2D eigenvalue weighted by Crippen LogP contribution is -2.00. The van der Waals surface area contributed by atoms with Gasteiger partial charge >= 0.3 is 0 Å². The van der Waals surface area contributed by atoms with Crippen LogP contribution in [0, 0.1) is 6.92 Å². The Labute approximate surface area is 107 Å². The van der Waals surface area contributed by atoms with Gasteiger partial charge in [-0.25, -0.2) is 0 Å². The Morgan fingerprint density at radius 2 is 1.89 bits per heavy atom. The van der Waals surface area contributed by atoms with Crippen LogP contribution in [0.5, 0.6) is 5.75 Å². The summed E-state index contributed by atoms with van der Waals surface area (Å²) in [6.07, 6.45) is 0. The molecule has 3 nitrogen and oxygen atoms in total. The molecule has 0 radical (unpaired) electrons. The second-order valence-electron chi connectivity index (χ2n) is 4.20. The van der Waals surface area contributed by atoms with E-state index in [1.54, 1.807) is 12.1 Å². The van der Waals surface area contributed by atoms with Crippen molar-refractivity contribution < 1.29 is 5.11 Å². The first-order valence-corrected chi connectivity index (χ1v) is 5.82. The predicted octanol–water partition coefficient (Wildman–Crippen LogP) is 3.54. The zero-order valence-electron chi connectivity index (χ0n) is 10.5. The fraction of sp³-hybridized carbons (Fsp3) is 0.133. The topological polar surface area (TPSA) is 44.6 Å². The average molecular weight is 240 g/mol. The van der Waals surface area contributed by atoms with E-state index in [2.05, 4.69) is 10.5 Å². The van der Waals surface area contributed by atoms with Crippen molar-refractivity contribution in [2.24, 2.45) is 5.10 Å². The molecule has 0 saturated heterocycles. The van der Waals surface area contributed by atoms with Crippen LogP contribution in [0.2, 0.25) is 0 Å². The van der Waals surface area contributed by atoms with Gasteiger partial charge in [-0.3, -0.25) is 5.43 Å². The molecule has 0 spiro atoms. The zero-order chi connectivity index (χ0) is 13.0. The highest BCUT2D eigenvalue weighted by atomic mass is 16.3. The predicted molar refractivity (Wildman–Crippen MR) is 75.1 cm³/mol. The van der Waals surface area contributed by atoms with Crippen LogP contribution in [0.4, 0.5) is 5.69 Å². The van der Waals surface area contributed by atoms with E-state index in [9.17, 15) is 5.11 Å². The second-order valence-corrected chi connectivity index (χ2v) is 4.20. The van der Waals surface area contributed by atoms with Gasteiger partial charge in [0.2, 0.25) is 0 Å². The SMILES string of the molecule is CC(=NNc1cccc(C)c1)c1ccccc1O. The van der Waals surface area contributed by atoms with Crippen LogP contribution in [0.15, 0.2) is 53.6 Å². The van der Waals surface area contributed by atoms with Crippen LogP contribution in [0.25, 0.3) is 0 Å². The number of nitrogens with one attached hydrogen (secondary N) is 1. The molecule has 92 valence electrons. The molecule has 0 aliphatic carbocycles. The van der Waals surface area contributed by atoms with Gasteiger partial charge in [-0.1, -0.05) is 24.3 Å². The number of aryl methyl sites for hydroxylation is 1. The summed E-state index contributed by atoms with van der Waals surface area (Å²) >= 11 is 0. The molecule has 0 unspecified atom stereocenters. The lowest BCUT2D eigenvalue weighted by molar-refractivity contribution is 0.474. The Hall–Kier alpha value is -2.29. The fourth-order valence-electron chi connectivity index (χ4n) is 1.70. The number of rotatable bonds is 3. The zero-order valence-corrected chi connectivity index (χ0v) is 10.5. The molecular formula is C15H16N2O. The van der Waals surface area contributed by atoms with E-state index < -0.39 is 0 Å². The lowest BCUT2D eigenvalue weighted by atomic mass is 10.1. The smallest absolute Gasteiger partial charge is 0.124 e. The number of phenolic OH excluding ortho intramolecular Hbond substituents is 1. The molecule has 0 fully saturated rings. The van der Waals surface area contributed by atoms with Crippen molar-refractivity contribution in [1.29, 1.82) is 0 Å². The molecule has 0 atom stereocenters. The minimum atomic E-state index is 0.241. The minimum Gasteiger partial charge on any atom is -0.507 e. The normalized spacial score (nSPS) is 11.3. The van der Waals surface area contributed by atoms with Crippen LogP contribution in [-0.4, -0.2) is 10.8 Å². The summed E-state index contributed by atoms with van der Waals surface area (Å²) in [4.78, 5) is 0. The number of hydrazone groups is 1. The Bertz CT molecular complexity index is 576. The maximum absolute atomic E-state index is 9.71. The van der Waals surface area contributed by atoms with Gasteiger partial charge in [-0.15, -0.1) is 0 Å². The van der Waals surface area contributed by atoms with Crippen molar-refractivity contribution >= 4 is 11.4 Å². The van der Waals surface area contributed by atoms with Crippen molar-refractivity contribution in [2.45, 2.75) is 13.8 Å². The summed E-state index contributed by atoms with van der Waals surface area (Å²) in [6.45, 7) is 3.89. The van der Waals surface area contributed by atoms with Crippen molar-refractivity contribution in [3.63, 3.8) is 0 Å². The van der Waals surface area contributed by atoms with E-state index in [1.165, 1.54) is 5.56 Å². The Morgan fingerprint density at radius 3 is 2.61 bits per heavy atom. The van der Waals surface area contributed by atoms with Crippen molar-refractivity contribution in [3.8, 4) is 5.75 Å². The summed E-state index contributed by atoms with van der Waals surface area (Å²) in [7, 11) is 0. The van der Waals surface area contributed by atoms with Gasteiger partial charge in [0.25, 0.3) is 0 Å². The number of para-hydroxylation sites is 1. The molecule has 2 aromatic carbocycles. The quantitative estimate of drug-likeness (QED) is 0.636. The molecule has 0 aromatic heterocycles. The summed E-state index contributed by atoms with van der Waals surface area (Å²) in [5.41, 5.74) is 6.58. The Balaban J connectivity index is 2.17. The van der Waals surface area contributed by atoms with Crippen LogP contribution in [0.3, 0.4) is 0 Å². The molecular weight excluding hydrogens is 224 g/mol. The highest BCUT2D eigenvalue weighted by Gasteiger charge is 2.02. The van der Waals surface area contributed by atoms with E-state index in [0.29, 0.717) is 0 Å². The second kappa shape index (κ2) is 5.36. The first-order valence-electron chi connectivity index (χ1n) is 5.82. The lowest BCUT2D eigenvalue weighted by Gasteiger charge is -2.05. The third-order valence-electron chi connectivity index (χ3n) is 2.66. The van der Waals surface area contributed by atoms with Crippen LogP contribution < -0.4 is 5.43 Å². The van der Waals surface area contributed by atoms with E-state index in [0.717, 1.165) is 17.0 Å². The summed E-state index contributed by atoms with van der Waals surface area (Å²) in [5.74, 6) is 0.241. The number of nitrogens with zero attached hydrogens (tertiary/aromatic N) is 1. The number of hydrogen-bond donors (Lipinski definition) is 2. The maximum Gasteiger partial charge on any atom is 0.124 e. The fourth-order valence-corrected chi connectivity index (χ4v) is 1.70. The van der Waals surface area contributed by atoms with Crippen LogP contribution in [-0.2, 0) is 0 Å². The largest absolute Gasteiger partial charge is 0.507 e. The first kappa shape index (κ1) is 12.2. The Morgan fingerprint density at radius 1 is 1.11 bits per heavy atom. The number of aromatic hydroxyl groups is 1. The molecule has 0 saturated carbocycles. The van der Waals surface area contributed by atoms with Gasteiger partial charge in [-0.05, 0) is 43.7 Å². The molecule has 3 heteroatoms. The standard InChI is InChI=1S/C15H16N2O/c1-11-6-5-7-13(10-11)17-16-12(2)14-8-3-4-9-15(14)18/h3-10,17-18H,1-2H3. The molecule has 2 rings (SSSR count). The van der Waals surface area contributed by atoms with E-state index >= 15 is 0 Å².